The Morgan fingerprint density at radius 3 is 3.08 bits per heavy atom. The first-order valence-corrected chi connectivity index (χ1v) is 4.69. The van der Waals surface area contributed by atoms with Crippen LogP contribution in [0.5, 0.6) is 0 Å². The molecule has 3 heteroatoms. The lowest BCUT2D eigenvalue weighted by atomic mass is 10.2. The molecule has 0 N–H and O–H groups in total. The van der Waals surface area contributed by atoms with Crippen molar-refractivity contribution in [3.63, 3.8) is 0 Å². The van der Waals surface area contributed by atoms with Gasteiger partial charge in [-0.3, -0.25) is 0 Å². The minimum absolute atomic E-state index is 0.628. The van der Waals surface area contributed by atoms with Crippen molar-refractivity contribution in [3.8, 4) is 10.6 Å². The van der Waals surface area contributed by atoms with Crippen LogP contribution in [-0.4, -0.2) is 4.98 Å². The minimum atomic E-state index is 0.628. The Labute approximate surface area is 79.7 Å². The van der Waals surface area contributed by atoms with Crippen molar-refractivity contribution in [2.75, 3.05) is 0 Å². The molecule has 2 aromatic rings. The zero-order chi connectivity index (χ0) is 8.39. The number of halogens is 1. The fourth-order valence-electron chi connectivity index (χ4n) is 0.936. The number of thiazole rings is 1. The Morgan fingerprint density at radius 2 is 2.42 bits per heavy atom. The molecular formula is C9H5ClNS. The molecule has 1 aromatic heterocycles. The Kier molecular flexibility index (Phi) is 2.11. The molecule has 0 spiro atoms. The third-order valence-corrected chi connectivity index (χ3v) is 2.49. The van der Waals surface area contributed by atoms with E-state index < -0.39 is 0 Å². The standard InChI is InChI=1S/C9H5ClNS/c10-8-3-1-2-7(6-8)9-11-4-5-12-9/h1-2,4-6H. The first-order chi connectivity index (χ1) is 5.86. The van der Waals surface area contributed by atoms with Crippen LogP contribution in [0.4, 0.5) is 0 Å². The molecular weight excluding hydrogens is 190 g/mol. The number of nitrogens with zero attached hydrogens (tertiary/aromatic N) is 1. The van der Waals surface area contributed by atoms with Gasteiger partial charge in [0, 0.05) is 28.2 Å². The quantitative estimate of drug-likeness (QED) is 0.679. The summed E-state index contributed by atoms with van der Waals surface area (Å²) in [6.45, 7) is 0. The molecule has 0 atom stereocenters. The largest absolute Gasteiger partial charge is 0.245 e. The van der Waals surface area contributed by atoms with Crippen LogP contribution in [0.3, 0.4) is 0 Å². The summed E-state index contributed by atoms with van der Waals surface area (Å²) in [6.07, 6.45) is 1.78. The van der Waals surface area contributed by atoms with E-state index in [4.69, 9.17) is 11.6 Å². The highest BCUT2D eigenvalue weighted by molar-refractivity contribution is 7.13. The van der Waals surface area contributed by atoms with Crippen LogP contribution < -0.4 is 0 Å². The van der Waals surface area contributed by atoms with Crippen molar-refractivity contribution >= 4 is 22.9 Å². The molecule has 0 fully saturated rings. The maximum atomic E-state index is 5.78. The monoisotopic (exact) mass is 194 g/mol. The first kappa shape index (κ1) is 7.77. The molecule has 59 valence electrons. The fourth-order valence-corrected chi connectivity index (χ4v) is 1.75. The molecule has 0 aliphatic heterocycles. The molecule has 0 aliphatic carbocycles. The normalized spacial score (nSPS) is 10.1. The number of aromatic nitrogens is 1. The second-order valence-corrected chi connectivity index (χ2v) is 3.56. The Hall–Kier alpha value is -0.860. The van der Waals surface area contributed by atoms with Crippen LogP contribution in [0, 0.1) is 6.07 Å². The highest BCUT2D eigenvalue weighted by atomic mass is 35.5. The lowest BCUT2D eigenvalue weighted by molar-refractivity contribution is 1.41. The SMILES string of the molecule is Clc1[c]ccc(-c2nccs2)c1. The topological polar surface area (TPSA) is 12.9 Å². The molecule has 12 heavy (non-hydrogen) atoms. The third kappa shape index (κ3) is 1.49. The van der Waals surface area contributed by atoms with Crippen LogP contribution in [-0.2, 0) is 0 Å². The van der Waals surface area contributed by atoms with Crippen LogP contribution >= 0.6 is 22.9 Å². The summed E-state index contributed by atoms with van der Waals surface area (Å²) in [5.41, 5.74) is 1.05. The summed E-state index contributed by atoms with van der Waals surface area (Å²) in [5.74, 6) is 0. The van der Waals surface area contributed by atoms with Gasteiger partial charge >= 0.3 is 0 Å². The van der Waals surface area contributed by atoms with Crippen LogP contribution in [0.15, 0.2) is 29.8 Å². The lowest BCUT2D eigenvalue weighted by Crippen LogP contribution is -1.74. The summed E-state index contributed by atoms with van der Waals surface area (Å²) < 4.78 is 0. The van der Waals surface area contributed by atoms with Crippen molar-refractivity contribution in [2.24, 2.45) is 0 Å². The molecule has 1 nitrogen and oxygen atoms in total. The van der Waals surface area contributed by atoms with Crippen molar-refractivity contribution in [2.45, 2.75) is 0 Å². The summed E-state index contributed by atoms with van der Waals surface area (Å²) >= 11 is 7.38. The van der Waals surface area contributed by atoms with Gasteiger partial charge in [-0.25, -0.2) is 4.98 Å². The van der Waals surface area contributed by atoms with E-state index in [0.717, 1.165) is 10.6 Å². The first-order valence-electron chi connectivity index (χ1n) is 3.43. The molecule has 1 heterocycles. The number of hydrogen-bond acceptors (Lipinski definition) is 2. The van der Waals surface area contributed by atoms with E-state index in [1.165, 1.54) is 0 Å². The van der Waals surface area contributed by atoms with E-state index >= 15 is 0 Å². The Balaban J connectivity index is 2.48. The van der Waals surface area contributed by atoms with Crippen LogP contribution in [0.25, 0.3) is 10.6 Å². The van der Waals surface area contributed by atoms with E-state index in [9.17, 15) is 0 Å². The van der Waals surface area contributed by atoms with Gasteiger partial charge in [0.05, 0.1) is 0 Å². The number of benzene rings is 1. The highest BCUT2D eigenvalue weighted by Gasteiger charge is 1.99. The minimum Gasteiger partial charge on any atom is -0.245 e. The molecule has 0 amide bonds. The van der Waals surface area contributed by atoms with E-state index in [1.807, 2.05) is 17.5 Å². The average Bonchev–Trinajstić information content (AvgIpc) is 2.56. The number of hydrogen-bond donors (Lipinski definition) is 0. The molecule has 0 saturated heterocycles. The van der Waals surface area contributed by atoms with Gasteiger partial charge in [-0.05, 0) is 6.07 Å². The molecule has 1 aromatic carbocycles. The zero-order valence-electron chi connectivity index (χ0n) is 6.12. The van der Waals surface area contributed by atoms with Crippen molar-refractivity contribution < 1.29 is 0 Å². The van der Waals surface area contributed by atoms with Gasteiger partial charge in [0.2, 0.25) is 0 Å². The summed E-state index contributed by atoms with van der Waals surface area (Å²) in [5, 5.41) is 3.56. The van der Waals surface area contributed by atoms with E-state index in [1.54, 1.807) is 23.6 Å². The Bertz CT molecular complexity index is 370. The number of rotatable bonds is 1. The maximum absolute atomic E-state index is 5.78. The van der Waals surface area contributed by atoms with Gasteiger partial charge in [0.15, 0.2) is 0 Å². The summed E-state index contributed by atoms with van der Waals surface area (Å²) in [4.78, 5) is 4.17. The average molecular weight is 195 g/mol. The zero-order valence-corrected chi connectivity index (χ0v) is 7.69. The maximum Gasteiger partial charge on any atom is 0.123 e. The second kappa shape index (κ2) is 3.25. The van der Waals surface area contributed by atoms with Gasteiger partial charge in [-0.2, -0.15) is 0 Å². The summed E-state index contributed by atoms with van der Waals surface area (Å²) in [6, 6.07) is 8.49. The fraction of sp³-hybridized carbons (Fsp3) is 0. The predicted octanol–water partition coefficient (Wildman–Crippen LogP) is 3.26. The van der Waals surface area contributed by atoms with Gasteiger partial charge in [0.25, 0.3) is 0 Å². The molecule has 0 bridgehead atoms. The summed E-state index contributed by atoms with van der Waals surface area (Å²) in [7, 11) is 0. The Morgan fingerprint density at radius 1 is 1.50 bits per heavy atom. The van der Waals surface area contributed by atoms with Crippen molar-refractivity contribution in [1.29, 1.82) is 0 Å². The molecule has 1 radical (unpaired) electrons. The van der Waals surface area contributed by atoms with Gasteiger partial charge in [-0.1, -0.05) is 23.7 Å². The lowest BCUT2D eigenvalue weighted by Gasteiger charge is -1.94. The van der Waals surface area contributed by atoms with Crippen LogP contribution in [0.1, 0.15) is 0 Å². The highest BCUT2D eigenvalue weighted by Crippen LogP contribution is 2.23. The van der Waals surface area contributed by atoms with Crippen molar-refractivity contribution in [1.82, 2.24) is 4.98 Å². The van der Waals surface area contributed by atoms with Crippen LogP contribution in [0.2, 0.25) is 5.02 Å². The van der Waals surface area contributed by atoms with Gasteiger partial charge in [0.1, 0.15) is 5.01 Å². The second-order valence-electron chi connectivity index (χ2n) is 2.26. The molecule has 2 rings (SSSR count). The van der Waals surface area contributed by atoms with E-state index in [0.29, 0.717) is 5.02 Å². The smallest absolute Gasteiger partial charge is 0.123 e. The van der Waals surface area contributed by atoms with Gasteiger partial charge in [-0.15, -0.1) is 11.3 Å². The predicted molar refractivity (Wildman–Crippen MR) is 51.4 cm³/mol. The third-order valence-electron chi connectivity index (χ3n) is 1.45. The molecule has 0 unspecified atom stereocenters. The van der Waals surface area contributed by atoms with E-state index in [-0.39, 0.29) is 0 Å². The molecule has 0 aliphatic rings. The van der Waals surface area contributed by atoms with E-state index in [2.05, 4.69) is 11.1 Å². The molecule has 0 saturated carbocycles. The van der Waals surface area contributed by atoms with Gasteiger partial charge < -0.3 is 0 Å². The van der Waals surface area contributed by atoms with Crippen molar-refractivity contribution in [3.05, 3.63) is 40.9 Å².